The van der Waals surface area contributed by atoms with Crippen LogP contribution in [0.5, 0.6) is 5.75 Å². The molecule has 1 N–H and O–H groups in total. The summed E-state index contributed by atoms with van der Waals surface area (Å²) < 4.78 is 17.3. The Morgan fingerprint density at radius 1 is 1.29 bits per heavy atom. The van der Waals surface area contributed by atoms with Gasteiger partial charge in [-0.05, 0) is 52.3 Å². The standard InChI is InChI=1S/C17H24BClO5/c1-6-22-15(21)10-12(11-7-8-14(20)13(19)9-11)18-23-16(2,3)17(4,5)24-18/h7-9,12,20H,6,10H2,1-5H3. The molecule has 0 saturated carbocycles. The quantitative estimate of drug-likeness (QED) is 0.645. The van der Waals surface area contributed by atoms with Crippen molar-refractivity contribution in [3.63, 3.8) is 0 Å². The lowest BCUT2D eigenvalue weighted by Gasteiger charge is -2.32. The van der Waals surface area contributed by atoms with Gasteiger partial charge < -0.3 is 19.2 Å². The average Bonchev–Trinajstić information content (AvgIpc) is 2.68. The van der Waals surface area contributed by atoms with Crippen LogP contribution in [0.25, 0.3) is 0 Å². The normalized spacial score (nSPS) is 20.0. The van der Waals surface area contributed by atoms with E-state index < -0.39 is 18.3 Å². The number of carbonyl (C=O) groups is 1. The highest BCUT2D eigenvalue weighted by atomic mass is 35.5. The molecule has 0 aromatic heterocycles. The van der Waals surface area contributed by atoms with Crippen molar-refractivity contribution in [2.45, 2.75) is 58.1 Å². The molecule has 1 aliphatic heterocycles. The topological polar surface area (TPSA) is 65.0 Å². The van der Waals surface area contributed by atoms with E-state index in [0.29, 0.717) is 6.61 Å². The maximum atomic E-state index is 12.0. The van der Waals surface area contributed by atoms with Gasteiger partial charge in [-0.25, -0.2) is 0 Å². The third-order valence-electron chi connectivity index (χ3n) is 4.69. The largest absolute Gasteiger partial charge is 0.506 e. The lowest BCUT2D eigenvalue weighted by Crippen LogP contribution is -2.41. The third-order valence-corrected chi connectivity index (χ3v) is 4.99. The second kappa shape index (κ2) is 6.94. The number of esters is 1. The van der Waals surface area contributed by atoms with E-state index in [0.717, 1.165) is 5.56 Å². The van der Waals surface area contributed by atoms with Gasteiger partial charge in [0.2, 0.25) is 0 Å². The number of aromatic hydroxyl groups is 1. The number of halogens is 1. The second-order valence-electron chi connectivity index (χ2n) is 6.95. The third kappa shape index (κ3) is 3.87. The fraction of sp³-hybridized carbons (Fsp3) is 0.588. The number of benzene rings is 1. The first kappa shape index (κ1) is 19.1. The van der Waals surface area contributed by atoms with E-state index >= 15 is 0 Å². The molecular weight excluding hydrogens is 330 g/mol. The Morgan fingerprint density at radius 2 is 1.88 bits per heavy atom. The summed E-state index contributed by atoms with van der Waals surface area (Å²) in [5.74, 6) is -0.728. The average molecular weight is 355 g/mol. The van der Waals surface area contributed by atoms with Crippen molar-refractivity contribution in [2.24, 2.45) is 0 Å². The van der Waals surface area contributed by atoms with Gasteiger partial charge in [0.15, 0.2) is 0 Å². The van der Waals surface area contributed by atoms with Crippen molar-refractivity contribution >= 4 is 24.7 Å². The lowest BCUT2D eigenvalue weighted by molar-refractivity contribution is -0.143. The summed E-state index contributed by atoms with van der Waals surface area (Å²) in [5.41, 5.74) is -0.263. The van der Waals surface area contributed by atoms with Crippen molar-refractivity contribution in [1.82, 2.24) is 0 Å². The molecular formula is C17H24BClO5. The molecule has 24 heavy (non-hydrogen) atoms. The molecule has 1 fully saturated rings. The van der Waals surface area contributed by atoms with Gasteiger partial charge in [-0.15, -0.1) is 0 Å². The number of hydrogen-bond donors (Lipinski definition) is 1. The molecule has 1 unspecified atom stereocenters. The van der Waals surface area contributed by atoms with Gasteiger partial charge in [-0.1, -0.05) is 17.7 Å². The van der Waals surface area contributed by atoms with E-state index in [4.69, 9.17) is 25.6 Å². The Morgan fingerprint density at radius 3 is 2.38 bits per heavy atom. The summed E-state index contributed by atoms with van der Waals surface area (Å²) in [7, 11) is -0.611. The van der Waals surface area contributed by atoms with Crippen LogP contribution in [0.3, 0.4) is 0 Å². The van der Waals surface area contributed by atoms with E-state index in [2.05, 4.69) is 0 Å². The summed E-state index contributed by atoms with van der Waals surface area (Å²) in [4.78, 5) is 12.0. The number of rotatable bonds is 5. The second-order valence-corrected chi connectivity index (χ2v) is 7.36. The van der Waals surface area contributed by atoms with Gasteiger partial charge in [0, 0.05) is 5.82 Å². The van der Waals surface area contributed by atoms with Gasteiger partial charge in [0.05, 0.1) is 29.3 Å². The van der Waals surface area contributed by atoms with Crippen LogP contribution in [-0.2, 0) is 18.8 Å². The highest BCUT2D eigenvalue weighted by Crippen LogP contribution is 2.42. The Labute approximate surface area is 148 Å². The molecule has 0 bridgehead atoms. The smallest absolute Gasteiger partial charge is 0.466 e. The molecule has 1 atom stereocenters. The Bertz CT molecular complexity index is 601. The zero-order chi connectivity index (χ0) is 18.1. The van der Waals surface area contributed by atoms with Crippen LogP contribution >= 0.6 is 11.6 Å². The zero-order valence-corrected chi connectivity index (χ0v) is 15.5. The number of carbonyl (C=O) groups excluding carboxylic acids is 1. The van der Waals surface area contributed by atoms with Crippen molar-refractivity contribution in [3.8, 4) is 5.75 Å². The monoisotopic (exact) mass is 354 g/mol. The predicted molar refractivity (Wildman–Crippen MR) is 93.2 cm³/mol. The maximum absolute atomic E-state index is 12.0. The molecule has 2 rings (SSSR count). The summed E-state index contributed by atoms with van der Waals surface area (Å²) in [6.45, 7) is 9.90. The first-order valence-corrected chi connectivity index (χ1v) is 8.45. The fourth-order valence-corrected chi connectivity index (χ4v) is 2.77. The van der Waals surface area contributed by atoms with Gasteiger partial charge in [0.1, 0.15) is 5.75 Å². The minimum absolute atomic E-state index is 0.00998. The number of phenolic OH excluding ortho intramolecular Hbond substituents is 1. The highest BCUT2D eigenvalue weighted by molar-refractivity contribution is 6.48. The molecule has 0 radical (unpaired) electrons. The van der Waals surface area contributed by atoms with Crippen molar-refractivity contribution in [1.29, 1.82) is 0 Å². The highest BCUT2D eigenvalue weighted by Gasteiger charge is 2.54. The molecule has 1 aromatic rings. The first-order chi connectivity index (χ1) is 11.1. The predicted octanol–water partition coefficient (Wildman–Crippen LogP) is 3.71. The van der Waals surface area contributed by atoms with Crippen LogP contribution in [0, 0.1) is 0 Å². The molecule has 7 heteroatoms. The van der Waals surface area contributed by atoms with E-state index in [-0.39, 0.29) is 29.0 Å². The Balaban J connectivity index is 2.33. The van der Waals surface area contributed by atoms with Crippen LogP contribution in [0.2, 0.25) is 5.02 Å². The van der Waals surface area contributed by atoms with Crippen LogP contribution < -0.4 is 0 Å². The van der Waals surface area contributed by atoms with Gasteiger partial charge in [-0.2, -0.15) is 0 Å². The zero-order valence-electron chi connectivity index (χ0n) is 14.8. The van der Waals surface area contributed by atoms with Crippen LogP contribution in [-0.4, -0.2) is 36.0 Å². The fourth-order valence-electron chi connectivity index (χ4n) is 2.58. The number of ether oxygens (including phenoxy) is 1. The van der Waals surface area contributed by atoms with Crippen LogP contribution in [0.4, 0.5) is 0 Å². The summed E-state index contributed by atoms with van der Waals surface area (Å²) >= 11 is 6.03. The van der Waals surface area contributed by atoms with Gasteiger partial charge in [-0.3, -0.25) is 4.79 Å². The van der Waals surface area contributed by atoms with Crippen LogP contribution in [0.15, 0.2) is 18.2 Å². The van der Waals surface area contributed by atoms with E-state index in [1.807, 2.05) is 27.7 Å². The van der Waals surface area contributed by atoms with Gasteiger partial charge in [0.25, 0.3) is 0 Å². The summed E-state index contributed by atoms with van der Waals surface area (Å²) in [6.07, 6.45) is 0.103. The van der Waals surface area contributed by atoms with Crippen LogP contribution in [0.1, 0.15) is 52.4 Å². The molecule has 1 aliphatic rings. The number of phenols is 1. The first-order valence-electron chi connectivity index (χ1n) is 8.07. The minimum Gasteiger partial charge on any atom is -0.506 e. The molecule has 5 nitrogen and oxygen atoms in total. The minimum atomic E-state index is -0.611. The SMILES string of the molecule is CCOC(=O)CC(B1OC(C)(C)C(C)(C)O1)c1ccc(O)c(Cl)c1. The molecule has 1 heterocycles. The maximum Gasteiger partial charge on any atom is 0.466 e. The molecule has 1 aromatic carbocycles. The molecule has 132 valence electrons. The lowest BCUT2D eigenvalue weighted by atomic mass is 9.66. The Hall–Kier alpha value is -1.24. The summed E-state index contributed by atoms with van der Waals surface area (Å²) in [6, 6.07) is 4.85. The van der Waals surface area contributed by atoms with E-state index in [9.17, 15) is 9.90 Å². The summed E-state index contributed by atoms with van der Waals surface area (Å²) in [5, 5.41) is 9.86. The van der Waals surface area contributed by atoms with Gasteiger partial charge >= 0.3 is 13.1 Å². The molecule has 0 aliphatic carbocycles. The molecule has 1 saturated heterocycles. The molecule has 0 spiro atoms. The van der Waals surface area contributed by atoms with E-state index in [1.54, 1.807) is 19.1 Å². The van der Waals surface area contributed by atoms with E-state index in [1.165, 1.54) is 6.07 Å². The van der Waals surface area contributed by atoms with Crippen molar-refractivity contribution < 1.29 is 23.9 Å². The van der Waals surface area contributed by atoms with Crippen molar-refractivity contribution in [3.05, 3.63) is 28.8 Å². The van der Waals surface area contributed by atoms with Crippen molar-refractivity contribution in [2.75, 3.05) is 6.61 Å². The molecule has 0 amide bonds. The number of hydrogen-bond acceptors (Lipinski definition) is 5. The Kier molecular flexibility index (Phi) is 5.52.